The number of rotatable bonds is 7. The van der Waals surface area contributed by atoms with Crippen molar-refractivity contribution in [1.82, 2.24) is 9.97 Å². The number of amides is 1. The van der Waals surface area contributed by atoms with Crippen LogP contribution in [0, 0.1) is 6.92 Å². The highest BCUT2D eigenvalue weighted by atomic mass is 32.2. The summed E-state index contributed by atoms with van der Waals surface area (Å²) in [6.07, 6.45) is 1.68. The Balaban J connectivity index is 1.47. The molecule has 0 saturated heterocycles. The molecule has 0 aliphatic rings. The number of benzene rings is 3. The number of carbonyl (C=O) groups excluding carboxylic acids is 1. The average Bonchev–Trinajstić information content (AvgIpc) is 3.32. The molecule has 0 fully saturated rings. The Hall–Kier alpha value is -4.08. The second-order valence-electron chi connectivity index (χ2n) is 8.18. The number of carbonyl (C=O) groups is 1. The fourth-order valence-corrected chi connectivity index (χ4v) is 5.67. The Morgan fingerprint density at radius 3 is 2.47 bits per heavy atom. The second-order valence-corrected chi connectivity index (χ2v) is 10.9. The van der Waals surface area contributed by atoms with Crippen LogP contribution in [-0.2, 0) is 16.6 Å². The van der Waals surface area contributed by atoms with E-state index in [0.29, 0.717) is 22.1 Å². The third-order valence-corrected chi connectivity index (χ3v) is 7.95. The molecule has 1 N–H and O–H groups in total. The Morgan fingerprint density at radius 2 is 1.72 bits per heavy atom. The number of aryl methyl sites for hydroxylation is 1. The van der Waals surface area contributed by atoms with Gasteiger partial charge in [-0.1, -0.05) is 53.3 Å². The van der Waals surface area contributed by atoms with E-state index in [1.54, 1.807) is 53.6 Å². The molecule has 0 aliphatic heterocycles. The van der Waals surface area contributed by atoms with Crippen LogP contribution in [0.2, 0.25) is 0 Å². The van der Waals surface area contributed by atoms with Crippen molar-refractivity contribution in [3.63, 3.8) is 0 Å². The number of pyridine rings is 1. The van der Waals surface area contributed by atoms with Gasteiger partial charge in [0.2, 0.25) is 0 Å². The largest absolute Gasteiger partial charge is 0.280 e. The lowest BCUT2D eigenvalue weighted by molar-refractivity contribution is 0.0985. The summed E-state index contributed by atoms with van der Waals surface area (Å²) in [6.45, 7) is 2.11. The first-order valence-corrected chi connectivity index (χ1v) is 13.5. The van der Waals surface area contributed by atoms with Gasteiger partial charge in [0.1, 0.15) is 0 Å². The fraction of sp³-hybridized carbons (Fsp3) is 0.0741. The monoisotopic (exact) mass is 514 g/mol. The van der Waals surface area contributed by atoms with Crippen LogP contribution in [0.3, 0.4) is 0 Å². The highest BCUT2D eigenvalue weighted by Crippen LogP contribution is 2.31. The number of hydrogen-bond acceptors (Lipinski definition) is 6. The first-order valence-electron chi connectivity index (χ1n) is 11.2. The smallest absolute Gasteiger partial charge is 0.261 e. The lowest BCUT2D eigenvalue weighted by Crippen LogP contribution is -2.30. The number of aromatic nitrogens is 2. The minimum atomic E-state index is -3.81. The molecule has 3 aromatic carbocycles. The molecule has 1 amide bonds. The highest BCUT2D eigenvalue weighted by Gasteiger charge is 2.23. The standard InChI is InChI=1S/C27H22N4O3S2/c1-19-12-14-23(15-13-19)36(33,34)30-21-9-6-7-20(17-21)26(32)31(18-22-8-4-5-16-28-22)27-29-24-10-2-3-11-25(24)35-27/h2-17,30H,18H2,1H3. The van der Waals surface area contributed by atoms with E-state index < -0.39 is 10.0 Å². The minimum Gasteiger partial charge on any atom is -0.280 e. The fourth-order valence-electron chi connectivity index (χ4n) is 3.66. The van der Waals surface area contributed by atoms with Crippen molar-refractivity contribution in [3.8, 4) is 0 Å². The number of fused-ring (bicyclic) bond motifs is 1. The van der Waals surface area contributed by atoms with Gasteiger partial charge in [0.05, 0.1) is 27.4 Å². The second kappa shape index (κ2) is 9.88. The number of sulfonamides is 1. The van der Waals surface area contributed by atoms with Gasteiger partial charge in [0.15, 0.2) is 5.13 Å². The van der Waals surface area contributed by atoms with Crippen LogP contribution >= 0.6 is 11.3 Å². The van der Waals surface area contributed by atoms with Crippen molar-refractivity contribution in [2.24, 2.45) is 0 Å². The van der Waals surface area contributed by atoms with Gasteiger partial charge in [-0.2, -0.15) is 0 Å². The predicted octanol–water partition coefficient (Wildman–Crippen LogP) is 5.65. The van der Waals surface area contributed by atoms with Gasteiger partial charge in [-0.15, -0.1) is 0 Å². The first kappa shape index (κ1) is 23.7. The summed E-state index contributed by atoms with van der Waals surface area (Å²) in [5.41, 5.74) is 3.10. The molecular formula is C27H22N4O3S2. The third-order valence-electron chi connectivity index (χ3n) is 5.50. The van der Waals surface area contributed by atoms with Gasteiger partial charge >= 0.3 is 0 Å². The normalized spacial score (nSPS) is 11.4. The van der Waals surface area contributed by atoms with Gasteiger partial charge in [-0.05, 0) is 61.5 Å². The molecule has 9 heteroatoms. The molecule has 0 atom stereocenters. The SMILES string of the molecule is Cc1ccc(S(=O)(=O)Nc2cccc(C(=O)N(Cc3ccccn3)c3nc4ccccc4s3)c2)cc1. The van der Waals surface area contributed by atoms with Gasteiger partial charge in [-0.25, -0.2) is 13.4 Å². The number of nitrogens with one attached hydrogen (secondary N) is 1. The maximum Gasteiger partial charge on any atom is 0.261 e. The summed E-state index contributed by atoms with van der Waals surface area (Å²) >= 11 is 1.41. The molecule has 0 radical (unpaired) electrons. The summed E-state index contributed by atoms with van der Waals surface area (Å²) in [4.78, 5) is 24.5. The van der Waals surface area contributed by atoms with E-state index >= 15 is 0 Å². The zero-order valence-electron chi connectivity index (χ0n) is 19.3. The molecule has 0 spiro atoms. The molecule has 0 unspecified atom stereocenters. The van der Waals surface area contributed by atoms with Crippen molar-refractivity contribution in [2.45, 2.75) is 18.4 Å². The third kappa shape index (κ3) is 5.12. The lowest BCUT2D eigenvalue weighted by atomic mass is 10.1. The zero-order valence-corrected chi connectivity index (χ0v) is 21.0. The van der Waals surface area contributed by atoms with Crippen LogP contribution in [0.25, 0.3) is 10.2 Å². The number of thiazole rings is 1. The van der Waals surface area contributed by atoms with E-state index in [-0.39, 0.29) is 17.3 Å². The van der Waals surface area contributed by atoms with E-state index in [2.05, 4.69) is 14.7 Å². The Labute approximate surface area is 213 Å². The Morgan fingerprint density at radius 1 is 0.944 bits per heavy atom. The van der Waals surface area contributed by atoms with Crippen molar-refractivity contribution >= 4 is 48.3 Å². The molecule has 180 valence electrons. The molecule has 2 aromatic heterocycles. The Bertz CT molecular complexity index is 1600. The maximum absolute atomic E-state index is 13.7. The molecule has 2 heterocycles. The molecular weight excluding hydrogens is 492 g/mol. The number of hydrogen-bond donors (Lipinski definition) is 1. The number of para-hydroxylation sites is 1. The molecule has 5 aromatic rings. The van der Waals surface area contributed by atoms with Crippen LogP contribution in [0.1, 0.15) is 21.6 Å². The summed E-state index contributed by atoms with van der Waals surface area (Å²) in [5.74, 6) is -0.309. The molecule has 0 bridgehead atoms. The zero-order chi connectivity index (χ0) is 25.1. The van der Waals surface area contributed by atoms with Gasteiger partial charge in [0, 0.05) is 17.4 Å². The predicted molar refractivity (Wildman–Crippen MR) is 143 cm³/mol. The van der Waals surface area contributed by atoms with Gasteiger partial charge in [-0.3, -0.25) is 19.4 Å². The molecule has 0 aliphatic carbocycles. The highest BCUT2D eigenvalue weighted by molar-refractivity contribution is 7.92. The van der Waals surface area contributed by atoms with Crippen LogP contribution in [-0.4, -0.2) is 24.3 Å². The van der Waals surface area contributed by atoms with Crippen molar-refractivity contribution in [1.29, 1.82) is 0 Å². The van der Waals surface area contributed by atoms with E-state index in [9.17, 15) is 13.2 Å². The summed E-state index contributed by atoms with van der Waals surface area (Å²) in [7, 11) is -3.81. The maximum atomic E-state index is 13.7. The van der Waals surface area contributed by atoms with Crippen LogP contribution < -0.4 is 9.62 Å². The molecule has 7 nitrogen and oxygen atoms in total. The molecule has 0 saturated carbocycles. The van der Waals surface area contributed by atoms with E-state index in [1.807, 2.05) is 49.4 Å². The van der Waals surface area contributed by atoms with Crippen LogP contribution in [0.4, 0.5) is 10.8 Å². The molecule has 5 rings (SSSR count). The Kier molecular flexibility index (Phi) is 6.49. The first-order chi connectivity index (χ1) is 17.4. The summed E-state index contributed by atoms with van der Waals surface area (Å²) in [6, 6.07) is 26.3. The van der Waals surface area contributed by atoms with Crippen molar-refractivity contribution in [2.75, 3.05) is 9.62 Å². The summed E-state index contributed by atoms with van der Waals surface area (Å²) < 4.78 is 29.3. The number of nitrogens with zero attached hydrogens (tertiary/aromatic N) is 3. The van der Waals surface area contributed by atoms with E-state index in [0.717, 1.165) is 15.8 Å². The number of anilines is 2. The summed E-state index contributed by atoms with van der Waals surface area (Å²) in [5, 5.41) is 0.539. The lowest BCUT2D eigenvalue weighted by Gasteiger charge is -2.20. The average molecular weight is 515 g/mol. The van der Waals surface area contributed by atoms with Crippen molar-refractivity contribution in [3.05, 3.63) is 114 Å². The van der Waals surface area contributed by atoms with E-state index in [4.69, 9.17) is 0 Å². The van der Waals surface area contributed by atoms with Crippen molar-refractivity contribution < 1.29 is 13.2 Å². The van der Waals surface area contributed by atoms with E-state index in [1.165, 1.54) is 17.4 Å². The van der Waals surface area contributed by atoms with Gasteiger partial charge in [0.25, 0.3) is 15.9 Å². The molecule has 36 heavy (non-hydrogen) atoms. The minimum absolute atomic E-state index is 0.149. The van der Waals surface area contributed by atoms with Gasteiger partial charge < -0.3 is 0 Å². The van der Waals surface area contributed by atoms with Crippen LogP contribution in [0.5, 0.6) is 0 Å². The topological polar surface area (TPSA) is 92.3 Å². The van der Waals surface area contributed by atoms with Crippen LogP contribution in [0.15, 0.2) is 102 Å². The quantitative estimate of drug-likeness (QED) is 0.303.